The summed E-state index contributed by atoms with van der Waals surface area (Å²) in [6.07, 6.45) is 6.86. The summed E-state index contributed by atoms with van der Waals surface area (Å²) in [6.45, 7) is 1.68. The van der Waals surface area contributed by atoms with Gasteiger partial charge in [-0.15, -0.1) is 4.36 Å². The molecule has 0 bridgehead atoms. The lowest BCUT2D eigenvalue weighted by atomic mass is 9.98. The molecule has 8 heteroatoms. The number of hydrogen-bond acceptors (Lipinski definition) is 3. The number of nitrogens with one attached hydrogen (secondary N) is 2. The highest BCUT2D eigenvalue weighted by Gasteiger charge is 2.26. The van der Waals surface area contributed by atoms with Crippen molar-refractivity contribution in [1.29, 1.82) is 0 Å². The van der Waals surface area contributed by atoms with Crippen molar-refractivity contribution in [3.8, 4) is 0 Å². The van der Waals surface area contributed by atoms with Gasteiger partial charge in [-0.3, -0.25) is 0 Å². The van der Waals surface area contributed by atoms with Crippen LogP contribution in [-0.4, -0.2) is 23.3 Å². The largest absolute Gasteiger partial charge is 0.354 e. The first-order chi connectivity index (χ1) is 14.9. The van der Waals surface area contributed by atoms with Crippen molar-refractivity contribution in [2.75, 3.05) is 18.4 Å². The Hall–Kier alpha value is -2.29. The molecule has 2 aromatic carbocycles. The number of halogens is 1. The van der Waals surface area contributed by atoms with Gasteiger partial charge in [-0.05, 0) is 97.4 Å². The molecule has 31 heavy (non-hydrogen) atoms. The van der Waals surface area contributed by atoms with Gasteiger partial charge in [-0.1, -0.05) is 12.1 Å². The summed E-state index contributed by atoms with van der Waals surface area (Å²) in [4.78, 5) is 12.5. The van der Waals surface area contributed by atoms with Gasteiger partial charge in [0.1, 0.15) is 15.7 Å². The number of nitrogens with two attached hydrogens (primary N) is 1. The Morgan fingerprint density at radius 2 is 1.84 bits per heavy atom. The maximum absolute atomic E-state index is 14.8. The summed E-state index contributed by atoms with van der Waals surface area (Å²) < 4.78 is 31.5. The Kier molecular flexibility index (Phi) is 5.32. The third kappa shape index (κ3) is 3.88. The highest BCUT2D eigenvalue weighted by Crippen LogP contribution is 2.38. The lowest BCUT2D eigenvalue weighted by molar-refractivity contribution is 0.260. The summed E-state index contributed by atoms with van der Waals surface area (Å²) >= 11 is 0. The number of urea groups is 1. The first-order valence-electron chi connectivity index (χ1n) is 10.9. The molecule has 2 amide bonds. The number of nitrogens with zero attached hydrogens (tertiary/aromatic N) is 1. The maximum atomic E-state index is 14.8. The molecule has 164 valence electrons. The van der Waals surface area contributed by atoms with E-state index in [-0.39, 0.29) is 10.8 Å². The molecule has 5 rings (SSSR count). The van der Waals surface area contributed by atoms with Crippen LogP contribution in [0.4, 0.5) is 14.9 Å². The van der Waals surface area contributed by atoms with Crippen molar-refractivity contribution in [2.45, 2.75) is 55.8 Å². The standard InChI is InChI=1S/C23H27FN4O2S/c24-20-12-14(17-9-10-26-13-17)7-8-21(20)31(25,30)28-23(29)27-22-18-5-1-3-15(18)11-16-4-2-6-19(16)22/h7-8,11-12,17,26H,1-6,9-10,13H2,(H3,25,27,28,29,30)/t17?,31-/m0/s1. The third-order valence-electron chi connectivity index (χ3n) is 6.73. The number of fused-ring (bicyclic) bond motifs is 2. The first kappa shape index (κ1) is 20.6. The highest BCUT2D eigenvalue weighted by atomic mass is 32.2. The summed E-state index contributed by atoms with van der Waals surface area (Å²) in [6, 6.07) is 5.97. The van der Waals surface area contributed by atoms with Crippen LogP contribution in [0.25, 0.3) is 0 Å². The molecule has 0 spiro atoms. The molecule has 4 N–H and O–H groups in total. The molecule has 3 aliphatic rings. The molecule has 1 saturated heterocycles. The number of anilines is 1. The second kappa shape index (κ2) is 8.00. The van der Waals surface area contributed by atoms with Crippen LogP contribution in [0.5, 0.6) is 0 Å². The summed E-state index contributed by atoms with van der Waals surface area (Å²) in [5.41, 5.74) is 6.47. The van der Waals surface area contributed by atoms with Crippen LogP contribution in [0.1, 0.15) is 53.0 Å². The van der Waals surface area contributed by atoms with Crippen molar-refractivity contribution in [3.63, 3.8) is 0 Å². The molecule has 0 radical (unpaired) electrons. The van der Waals surface area contributed by atoms with Gasteiger partial charge in [0.2, 0.25) is 0 Å². The molecular weight excluding hydrogens is 415 g/mol. The smallest absolute Gasteiger partial charge is 0.316 e. The number of benzene rings is 2. The van der Waals surface area contributed by atoms with E-state index in [2.05, 4.69) is 21.1 Å². The Bertz CT molecular complexity index is 1150. The van der Waals surface area contributed by atoms with E-state index < -0.39 is 21.8 Å². The quantitative estimate of drug-likeness (QED) is 0.674. The number of hydrogen-bond donors (Lipinski definition) is 3. The monoisotopic (exact) mass is 442 g/mol. The van der Waals surface area contributed by atoms with Crippen molar-refractivity contribution >= 4 is 21.6 Å². The zero-order valence-electron chi connectivity index (χ0n) is 17.4. The number of rotatable bonds is 3. The van der Waals surface area contributed by atoms with E-state index in [1.807, 2.05) is 0 Å². The molecule has 0 saturated carbocycles. The molecule has 1 unspecified atom stereocenters. The SMILES string of the molecule is N[S@](=O)(=NC(=O)Nc1c2c(cc3c1CCC3)CCC2)c1ccc(C2CCNC2)cc1F. The van der Waals surface area contributed by atoms with Crippen molar-refractivity contribution < 1.29 is 13.4 Å². The summed E-state index contributed by atoms with van der Waals surface area (Å²) in [7, 11) is -3.71. The Balaban J connectivity index is 1.43. The van der Waals surface area contributed by atoms with Crippen LogP contribution in [-0.2, 0) is 35.6 Å². The van der Waals surface area contributed by atoms with Crippen LogP contribution in [0.2, 0.25) is 0 Å². The van der Waals surface area contributed by atoms with E-state index in [4.69, 9.17) is 5.14 Å². The number of carbonyl (C=O) groups excluding carboxylic acids is 1. The second-order valence-corrected chi connectivity index (χ2v) is 10.5. The van der Waals surface area contributed by atoms with E-state index in [1.54, 1.807) is 6.07 Å². The lowest BCUT2D eigenvalue weighted by Gasteiger charge is -2.15. The van der Waals surface area contributed by atoms with Gasteiger partial charge in [0.25, 0.3) is 0 Å². The zero-order valence-corrected chi connectivity index (χ0v) is 18.2. The topological polar surface area (TPSA) is 96.6 Å². The zero-order chi connectivity index (χ0) is 21.6. The molecule has 2 aliphatic carbocycles. The van der Waals surface area contributed by atoms with Gasteiger partial charge in [0.05, 0.1) is 4.90 Å². The van der Waals surface area contributed by atoms with Crippen molar-refractivity contribution in [2.24, 2.45) is 9.50 Å². The number of carbonyl (C=O) groups is 1. The van der Waals surface area contributed by atoms with Crippen LogP contribution < -0.4 is 15.8 Å². The van der Waals surface area contributed by atoms with E-state index in [1.165, 1.54) is 23.3 Å². The van der Waals surface area contributed by atoms with Gasteiger partial charge >= 0.3 is 6.03 Å². The minimum absolute atomic E-state index is 0.222. The number of aryl methyl sites for hydroxylation is 2. The molecule has 6 nitrogen and oxygen atoms in total. The molecule has 1 aliphatic heterocycles. The predicted molar refractivity (Wildman–Crippen MR) is 119 cm³/mol. The van der Waals surface area contributed by atoms with Crippen molar-refractivity contribution in [3.05, 3.63) is 57.9 Å². The lowest BCUT2D eigenvalue weighted by Crippen LogP contribution is -2.20. The molecule has 2 atom stereocenters. The van der Waals surface area contributed by atoms with Gasteiger partial charge in [0, 0.05) is 12.2 Å². The fourth-order valence-corrected chi connectivity index (χ4v) is 6.21. The Morgan fingerprint density at radius 3 is 2.45 bits per heavy atom. The normalized spacial score (nSPS) is 21.4. The second-order valence-electron chi connectivity index (χ2n) is 8.70. The van der Waals surface area contributed by atoms with Gasteiger partial charge in [0.15, 0.2) is 0 Å². The third-order valence-corrected chi connectivity index (χ3v) is 8.12. The molecular formula is C23H27FN4O2S. The number of amides is 2. The molecule has 0 aromatic heterocycles. The Labute approximate surface area is 182 Å². The van der Waals surface area contributed by atoms with Gasteiger partial charge in [-0.2, -0.15) is 0 Å². The summed E-state index contributed by atoms with van der Waals surface area (Å²) in [5, 5.41) is 12.0. The van der Waals surface area contributed by atoms with Crippen LogP contribution in [0.15, 0.2) is 33.5 Å². The molecule has 1 heterocycles. The van der Waals surface area contributed by atoms with E-state index in [0.29, 0.717) is 0 Å². The maximum Gasteiger partial charge on any atom is 0.354 e. The summed E-state index contributed by atoms with van der Waals surface area (Å²) in [5.74, 6) is -0.463. The molecule has 1 fully saturated rings. The van der Waals surface area contributed by atoms with Crippen molar-refractivity contribution in [1.82, 2.24) is 5.32 Å². The van der Waals surface area contributed by atoms with E-state index >= 15 is 0 Å². The minimum atomic E-state index is -3.71. The average Bonchev–Trinajstić information content (AvgIpc) is 3.48. The fourth-order valence-electron chi connectivity index (χ4n) is 5.22. The Morgan fingerprint density at radius 1 is 1.13 bits per heavy atom. The predicted octanol–water partition coefficient (Wildman–Crippen LogP) is 3.81. The fraction of sp³-hybridized carbons (Fsp3) is 0.435. The molecule has 2 aromatic rings. The van der Waals surface area contributed by atoms with Gasteiger partial charge < -0.3 is 10.6 Å². The minimum Gasteiger partial charge on any atom is -0.316 e. The average molecular weight is 443 g/mol. The highest BCUT2D eigenvalue weighted by molar-refractivity contribution is 7.91. The van der Waals surface area contributed by atoms with E-state index in [0.717, 1.165) is 80.4 Å². The van der Waals surface area contributed by atoms with Crippen LogP contribution in [0, 0.1) is 5.82 Å². The van der Waals surface area contributed by atoms with Crippen LogP contribution in [0.3, 0.4) is 0 Å². The van der Waals surface area contributed by atoms with Crippen LogP contribution >= 0.6 is 0 Å². The van der Waals surface area contributed by atoms with E-state index in [9.17, 15) is 13.4 Å². The first-order valence-corrected chi connectivity index (χ1v) is 12.5. The van der Waals surface area contributed by atoms with Gasteiger partial charge in [-0.25, -0.2) is 18.5 Å².